The van der Waals surface area contributed by atoms with Crippen LogP contribution in [-0.4, -0.2) is 23.3 Å². The summed E-state index contributed by atoms with van der Waals surface area (Å²) in [6, 6.07) is 0.949. The number of anilines is 1. The van der Waals surface area contributed by atoms with Crippen LogP contribution in [0.3, 0.4) is 0 Å². The summed E-state index contributed by atoms with van der Waals surface area (Å²) in [5.41, 5.74) is 0. The van der Waals surface area contributed by atoms with E-state index in [1.165, 1.54) is 0 Å². The van der Waals surface area contributed by atoms with E-state index in [0.29, 0.717) is 17.9 Å². The Labute approximate surface area is 89.3 Å². The summed E-state index contributed by atoms with van der Waals surface area (Å²) in [4.78, 5) is 1.98. The first-order chi connectivity index (χ1) is 6.69. The van der Waals surface area contributed by atoms with Crippen molar-refractivity contribution in [2.24, 2.45) is 0 Å². The summed E-state index contributed by atoms with van der Waals surface area (Å²) in [6.07, 6.45) is 2.25. The molecule has 0 bridgehead atoms. The fourth-order valence-electron chi connectivity index (χ4n) is 1.24. The Morgan fingerprint density at radius 2 is 2.21 bits per heavy atom. The van der Waals surface area contributed by atoms with Gasteiger partial charge in [-0.15, -0.1) is 16.7 Å². The van der Waals surface area contributed by atoms with Gasteiger partial charge in [0.15, 0.2) is 0 Å². The maximum atomic E-state index is 5.57. The third-order valence-corrected chi connectivity index (χ3v) is 2.47. The molecule has 0 spiro atoms. The highest BCUT2D eigenvalue weighted by Crippen LogP contribution is 2.16. The molecule has 0 saturated carbocycles. The fraction of sp³-hybridized carbons (Fsp3) is 0.778. The van der Waals surface area contributed by atoms with Crippen LogP contribution in [0.4, 0.5) is 6.01 Å². The maximum absolute atomic E-state index is 5.57. The number of aromatic nitrogens is 2. The third kappa shape index (κ3) is 2.61. The number of hydrogen-bond donors (Lipinski definition) is 0. The molecule has 0 saturated heterocycles. The Kier molecular flexibility index (Phi) is 4.20. The van der Waals surface area contributed by atoms with E-state index in [-0.39, 0.29) is 5.88 Å². The SMILES string of the molecule is CCCC(C)N(C)c1nnc(CCl)o1. The van der Waals surface area contributed by atoms with Gasteiger partial charge in [-0.25, -0.2) is 0 Å². The van der Waals surface area contributed by atoms with E-state index in [9.17, 15) is 0 Å². The van der Waals surface area contributed by atoms with E-state index < -0.39 is 0 Å². The normalized spacial score (nSPS) is 12.9. The molecule has 0 fully saturated rings. The molecule has 1 aromatic rings. The Hall–Kier alpha value is -0.770. The lowest BCUT2D eigenvalue weighted by atomic mass is 10.2. The van der Waals surface area contributed by atoms with Gasteiger partial charge in [-0.3, -0.25) is 0 Å². The van der Waals surface area contributed by atoms with Crippen LogP contribution in [0.15, 0.2) is 4.42 Å². The molecule has 1 heterocycles. The van der Waals surface area contributed by atoms with Crippen LogP contribution in [0.2, 0.25) is 0 Å². The largest absolute Gasteiger partial charge is 0.407 e. The molecule has 0 amide bonds. The first-order valence-corrected chi connectivity index (χ1v) is 5.33. The molecule has 80 valence electrons. The molecule has 1 unspecified atom stereocenters. The minimum Gasteiger partial charge on any atom is -0.407 e. The van der Waals surface area contributed by atoms with Crippen LogP contribution in [-0.2, 0) is 5.88 Å². The second kappa shape index (κ2) is 5.20. The van der Waals surface area contributed by atoms with Gasteiger partial charge in [-0.1, -0.05) is 18.4 Å². The van der Waals surface area contributed by atoms with E-state index in [1.54, 1.807) is 0 Å². The molecule has 0 N–H and O–H groups in total. The standard InChI is InChI=1S/C9H16ClN3O/c1-4-5-7(2)13(3)9-12-11-8(6-10)14-9/h7H,4-6H2,1-3H3. The van der Waals surface area contributed by atoms with E-state index >= 15 is 0 Å². The summed E-state index contributed by atoms with van der Waals surface area (Å²) < 4.78 is 5.33. The lowest BCUT2D eigenvalue weighted by molar-refractivity contribution is 0.482. The minimum atomic E-state index is 0.267. The van der Waals surface area contributed by atoms with Crippen molar-refractivity contribution in [3.63, 3.8) is 0 Å². The van der Waals surface area contributed by atoms with Crippen molar-refractivity contribution in [3.8, 4) is 0 Å². The topological polar surface area (TPSA) is 42.2 Å². The molecule has 4 nitrogen and oxygen atoms in total. The van der Waals surface area contributed by atoms with Crippen molar-refractivity contribution < 1.29 is 4.42 Å². The van der Waals surface area contributed by atoms with Crippen molar-refractivity contribution in [3.05, 3.63) is 5.89 Å². The van der Waals surface area contributed by atoms with Gasteiger partial charge < -0.3 is 9.32 Å². The summed E-state index contributed by atoms with van der Waals surface area (Å²) in [7, 11) is 1.95. The highest BCUT2D eigenvalue weighted by Gasteiger charge is 2.14. The van der Waals surface area contributed by atoms with Gasteiger partial charge in [0.1, 0.15) is 5.88 Å². The molecule has 5 heteroatoms. The van der Waals surface area contributed by atoms with Gasteiger partial charge in [0.2, 0.25) is 5.89 Å². The predicted molar refractivity (Wildman–Crippen MR) is 56.6 cm³/mol. The van der Waals surface area contributed by atoms with Crippen molar-refractivity contribution in [1.82, 2.24) is 10.2 Å². The first kappa shape index (κ1) is 11.3. The molecule has 1 aromatic heterocycles. The molecule has 0 radical (unpaired) electrons. The number of rotatable bonds is 5. The zero-order valence-corrected chi connectivity index (χ0v) is 9.58. The average Bonchev–Trinajstić information content (AvgIpc) is 2.65. The molecule has 1 atom stereocenters. The molecule has 1 rings (SSSR count). The number of halogens is 1. The van der Waals surface area contributed by atoms with Gasteiger partial charge in [-0.05, 0) is 13.3 Å². The molecule has 0 aliphatic carbocycles. The van der Waals surface area contributed by atoms with Crippen LogP contribution < -0.4 is 4.90 Å². The van der Waals surface area contributed by atoms with Gasteiger partial charge >= 0.3 is 6.01 Å². The molecular formula is C9H16ClN3O. The highest BCUT2D eigenvalue weighted by atomic mass is 35.5. The zero-order chi connectivity index (χ0) is 10.6. The Balaban J connectivity index is 2.63. The van der Waals surface area contributed by atoms with Crippen LogP contribution in [0, 0.1) is 0 Å². The van der Waals surface area contributed by atoms with Gasteiger partial charge in [-0.2, -0.15) is 0 Å². The molecule has 0 aliphatic rings. The van der Waals surface area contributed by atoms with Gasteiger partial charge in [0.05, 0.1) is 0 Å². The lowest BCUT2D eigenvalue weighted by Gasteiger charge is -2.21. The van der Waals surface area contributed by atoms with Crippen LogP contribution >= 0.6 is 11.6 Å². The van der Waals surface area contributed by atoms with Crippen LogP contribution in [0.25, 0.3) is 0 Å². The quantitative estimate of drug-likeness (QED) is 0.711. The number of hydrogen-bond acceptors (Lipinski definition) is 4. The van der Waals surface area contributed by atoms with E-state index in [1.807, 2.05) is 11.9 Å². The predicted octanol–water partition coefficient (Wildman–Crippen LogP) is 2.43. The van der Waals surface area contributed by atoms with Crippen molar-refractivity contribution in [2.75, 3.05) is 11.9 Å². The summed E-state index contributed by atoms with van der Waals surface area (Å²) in [5, 5.41) is 7.72. The zero-order valence-electron chi connectivity index (χ0n) is 8.83. The number of nitrogens with zero attached hydrogens (tertiary/aromatic N) is 3. The first-order valence-electron chi connectivity index (χ1n) is 4.80. The molecular weight excluding hydrogens is 202 g/mol. The second-order valence-corrected chi connectivity index (χ2v) is 3.63. The van der Waals surface area contributed by atoms with E-state index in [4.69, 9.17) is 16.0 Å². The summed E-state index contributed by atoms with van der Waals surface area (Å²) >= 11 is 5.57. The second-order valence-electron chi connectivity index (χ2n) is 3.36. The lowest BCUT2D eigenvalue weighted by Crippen LogP contribution is -2.28. The van der Waals surface area contributed by atoms with Crippen molar-refractivity contribution >= 4 is 17.6 Å². The maximum Gasteiger partial charge on any atom is 0.318 e. The Bertz CT molecular complexity index is 277. The fourth-order valence-corrected chi connectivity index (χ4v) is 1.35. The van der Waals surface area contributed by atoms with Crippen molar-refractivity contribution in [2.45, 2.75) is 38.6 Å². The minimum absolute atomic E-state index is 0.267. The van der Waals surface area contributed by atoms with Gasteiger partial charge in [0.25, 0.3) is 0 Å². The molecule has 0 aromatic carbocycles. The summed E-state index contributed by atoms with van der Waals surface area (Å²) in [6.45, 7) is 4.29. The third-order valence-electron chi connectivity index (χ3n) is 2.24. The smallest absolute Gasteiger partial charge is 0.318 e. The molecule has 0 aliphatic heterocycles. The Morgan fingerprint density at radius 3 is 2.71 bits per heavy atom. The Morgan fingerprint density at radius 1 is 1.50 bits per heavy atom. The van der Waals surface area contributed by atoms with Crippen LogP contribution in [0.1, 0.15) is 32.6 Å². The van der Waals surface area contributed by atoms with E-state index in [0.717, 1.165) is 12.8 Å². The monoisotopic (exact) mass is 217 g/mol. The summed E-state index contributed by atoms with van der Waals surface area (Å²) in [5.74, 6) is 0.737. The van der Waals surface area contributed by atoms with Gasteiger partial charge in [0, 0.05) is 13.1 Å². The molecule has 14 heavy (non-hydrogen) atoms. The number of alkyl halides is 1. The van der Waals surface area contributed by atoms with E-state index in [2.05, 4.69) is 24.0 Å². The highest BCUT2D eigenvalue weighted by molar-refractivity contribution is 6.16. The van der Waals surface area contributed by atoms with Crippen LogP contribution in [0.5, 0.6) is 0 Å². The average molecular weight is 218 g/mol. The van der Waals surface area contributed by atoms with Crippen molar-refractivity contribution in [1.29, 1.82) is 0 Å².